The number of hydrogen-bond acceptors (Lipinski definition) is 3. The van der Waals surface area contributed by atoms with Gasteiger partial charge in [0.15, 0.2) is 0 Å². The molecular weight excluding hydrogens is 238 g/mol. The third-order valence-corrected chi connectivity index (χ3v) is 4.01. The van der Waals surface area contributed by atoms with Gasteiger partial charge in [-0.1, -0.05) is 20.8 Å². The van der Waals surface area contributed by atoms with Crippen LogP contribution in [0.4, 0.5) is 0 Å². The molecule has 1 heterocycles. The lowest BCUT2D eigenvalue weighted by Crippen LogP contribution is -2.35. The molecule has 0 bridgehead atoms. The smallest absolute Gasteiger partial charge is 0.109 e. The van der Waals surface area contributed by atoms with Crippen LogP contribution in [0.1, 0.15) is 57.9 Å². The van der Waals surface area contributed by atoms with Crippen molar-refractivity contribution < 1.29 is 9.52 Å². The molecule has 0 saturated heterocycles. The zero-order valence-corrected chi connectivity index (χ0v) is 12.6. The Kier molecular flexibility index (Phi) is 4.36. The summed E-state index contributed by atoms with van der Waals surface area (Å²) in [4.78, 5) is 0. The summed E-state index contributed by atoms with van der Waals surface area (Å²) in [5.74, 6) is 1.62. The SMILES string of the molecule is CC(O)CC(C)CNC1CC(C)(C)Cc2occc21. The van der Waals surface area contributed by atoms with Crippen LogP contribution in [0.2, 0.25) is 0 Å². The zero-order valence-electron chi connectivity index (χ0n) is 12.6. The fourth-order valence-corrected chi connectivity index (χ4v) is 3.17. The zero-order chi connectivity index (χ0) is 14.0. The van der Waals surface area contributed by atoms with Crippen LogP contribution in [0.25, 0.3) is 0 Å². The molecule has 1 aliphatic carbocycles. The van der Waals surface area contributed by atoms with Crippen LogP contribution in [0.3, 0.4) is 0 Å². The highest BCUT2D eigenvalue weighted by atomic mass is 16.3. The lowest BCUT2D eigenvalue weighted by Gasteiger charge is -2.35. The van der Waals surface area contributed by atoms with Crippen molar-refractivity contribution in [2.24, 2.45) is 11.3 Å². The minimum atomic E-state index is -0.218. The summed E-state index contributed by atoms with van der Waals surface area (Å²) in [5, 5.41) is 13.1. The first-order valence-electron chi connectivity index (χ1n) is 7.35. The predicted molar refractivity (Wildman–Crippen MR) is 77.0 cm³/mol. The quantitative estimate of drug-likeness (QED) is 0.858. The second-order valence-corrected chi connectivity index (χ2v) is 6.99. The van der Waals surface area contributed by atoms with E-state index < -0.39 is 0 Å². The molecular formula is C16H27NO2. The largest absolute Gasteiger partial charge is 0.469 e. The van der Waals surface area contributed by atoms with Crippen LogP contribution in [-0.4, -0.2) is 17.8 Å². The van der Waals surface area contributed by atoms with Crippen molar-refractivity contribution in [1.82, 2.24) is 5.32 Å². The number of aliphatic hydroxyl groups is 1. The Morgan fingerprint density at radius 1 is 1.47 bits per heavy atom. The molecule has 108 valence electrons. The number of rotatable bonds is 5. The molecule has 3 heteroatoms. The molecule has 1 aromatic heterocycles. The molecule has 0 aliphatic heterocycles. The Labute approximate surface area is 116 Å². The van der Waals surface area contributed by atoms with Crippen molar-refractivity contribution in [2.45, 2.75) is 59.1 Å². The number of aliphatic hydroxyl groups excluding tert-OH is 1. The molecule has 0 aromatic carbocycles. The van der Waals surface area contributed by atoms with Gasteiger partial charge in [0.1, 0.15) is 5.76 Å². The van der Waals surface area contributed by atoms with Crippen LogP contribution in [0.15, 0.2) is 16.7 Å². The molecule has 3 unspecified atom stereocenters. The second-order valence-electron chi connectivity index (χ2n) is 6.99. The fourth-order valence-electron chi connectivity index (χ4n) is 3.17. The molecule has 0 spiro atoms. The number of hydrogen-bond donors (Lipinski definition) is 2. The Balaban J connectivity index is 1.97. The van der Waals surface area contributed by atoms with E-state index in [0.29, 0.717) is 12.0 Å². The first-order valence-corrected chi connectivity index (χ1v) is 7.35. The maximum Gasteiger partial charge on any atom is 0.109 e. The standard InChI is InChI=1S/C16H27NO2/c1-11(7-12(2)18)10-17-14-8-16(3,4)9-15-13(14)5-6-19-15/h5-6,11-12,14,17-18H,7-10H2,1-4H3. The third kappa shape index (κ3) is 3.83. The predicted octanol–water partition coefficient (Wildman–Crippen LogP) is 3.29. The second kappa shape index (κ2) is 5.68. The van der Waals surface area contributed by atoms with Crippen LogP contribution in [0, 0.1) is 11.3 Å². The normalized spacial score (nSPS) is 24.8. The summed E-state index contributed by atoms with van der Waals surface area (Å²) in [5.41, 5.74) is 1.61. The Morgan fingerprint density at radius 2 is 2.21 bits per heavy atom. The van der Waals surface area contributed by atoms with Crippen LogP contribution < -0.4 is 5.32 Å². The van der Waals surface area contributed by atoms with Gasteiger partial charge >= 0.3 is 0 Å². The summed E-state index contributed by atoms with van der Waals surface area (Å²) >= 11 is 0. The van der Waals surface area contributed by atoms with E-state index in [1.54, 1.807) is 6.26 Å². The van der Waals surface area contributed by atoms with E-state index in [4.69, 9.17) is 4.42 Å². The summed E-state index contributed by atoms with van der Waals surface area (Å²) in [7, 11) is 0. The van der Waals surface area contributed by atoms with Crippen molar-refractivity contribution in [1.29, 1.82) is 0 Å². The van der Waals surface area contributed by atoms with E-state index in [0.717, 1.165) is 31.6 Å². The molecule has 1 aromatic rings. The van der Waals surface area contributed by atoms with Crippen molar-refractivity contribution in [3.05, 3.63) is 23.7 Å². The molecule has 1 aliphatic rings. The highest BCUT2D eigenvalue weighted by molar-refractivity contribution is 5.26. The highest BCUT2D eigenvalue weighted by Crippen LogP contribution is 2.41. The summed E-state index contributed by atoms with van der Waals surface area (Å²) < 4.78 is 5.61. The fraction of sp³-hybridized carbons (Fsp3) is 0.750. The van der Waals surface area contributed by atoms with E-state index in [2.05, 4.69) is 32.2 Å². The lowest BCUT2D eigenvalue weighted by molar-refractivity contribution is 0.159. The number of nitrogens with one attached hydrogen (secondary N) is 1. The molecule has 2 N–H and O–H groups in total. The molecule has 0 amide bonds. The maximum absolute atomic E-state index is 9.42. The van der Waals surface area contributed by atoms with Gasteiger partial charge in [0.25, 0.3) is 0 Å². The van der Waals surface area contributed by atoms with Crippen molar-refractivity contribution >= 4 is 0 Å². The van der Waals surface area contributed by atoms with E-state index in [1.165, 1.54) is 5.56 Å². The summed E-state index contributed by atoms with van der Waals surface area (Å²) in [6.07, 6.45) is 4.60. The maximum atomic E-state index is 9.42. The van der Waals surface area contributed by atoms with E-state index in [-0.39, 0.29) is 11.5 Å². The van der Waals surface area contributed by atoms with E-state index in [1.807, 2.05) is 6.92 Å². The van der Waals surface area contributed by atoms with Crippen LogP contribution >= 0.6 is 0 Å². The average Bonchev–Trinajstić information content (AvgIpc) is 2.71. The van der Waals surface area contributed by atoms with Gasteiger partial charge < -0.3 is 14.8 Å². The van der Waals surface area contributed by atoms with Crippen molar-refractivity contribution in [2.75, 3.05) is 6.54 Å². The molecule has 0 fully saturated rings. The molecule has 3 atom stereocenters. The van der Waals surface area contributed by atoms with Gasteiger partial charge in [0.05, 0.1) is 12.4 Å². The summed E-state index contributed by atoms with van der Waals surface area (Å²) in [6.45, 7) is 9.58. The number of furan rings is 1. The van der Waals surface area contributed by atoms with E-state index in [9.17, 15) is 5.11 Å². The highest BCUT2D eigenvalue weighted by Gasteiger charge is 2.34. The molecule has 19 heavy (non-hydrogen) atoms. The molecule has 0 radical (unpaired) electrons. The number of fused-ring (bicyclic) bond motifs is 1. The topological polar surface area (TPSA) is 45.4 Å². The molecule has 0 saturated carbocycles. The minimum absolute atomic E-state index is 0.218. The lowest BCUT2D eigenvalue weighted by atomic mass is 9.74. The Hall–Kier alpha value is -0.800. The first kappa shape index (κ1) is 14.6. The van der Waals surface area contributed by atoms with Crippen LogP contribution in [0.5, 0.6) is 0 Å². The average molecular weight is 265 g/mol. The first-order chi connectivity index (χ1) is 8.87. The van der Waals surface area contributed by atoms with E-state index >= 15 is 0 Å². The Morgan fingerprint density at radius 3 is 2.89 bits per heavy atom. The van der Waals surface area contributed by atoms with Crippen molar-refractivity contribution in [3.63, 3.8) is 0 Å². The monoisotopic (exact) mass is 265 g/mol. The van der Waals surface area contributed by atoms with Gasteiger partial charge in [-0.3, -0.25) is 0 Å². The van der Waals surface area contributed by atoms with Gasteiger partial charge in [0, 0.05) is 18.0 Å². The summed E-state index contributed by atoms with van der Waals surface area (Å²) in [6, 6.07) is 2.48. The van der Waals surface area contributed by atoms with Crippen LogP contribution in [-0.2, 0) is 6.42 Å². The van der Waals surface area contributed by atoms with Crippen molar-refractivity contribution in [3.8, 4) is 0 Å². The third-order valence-electron chi connectivity index (χ3n) is 4.01. The van der Waals surface area contributed by atoms with Gasteiger partial charge in [0.2, 0.25) is 0 Å². The molecule has 3 nitrogen and oxygen atoms in total. The Bertz CT molecular complexity index is 409. The van der Waals surface area contributed by atoms with Gasteiger partial charge in [-0.15, -0.1) is 0 Å². The molecule has 2 rings (SSSR count). The van der Waals surface area contributed by atoms with Gasteiger partial charge in [-0.2, -0.15) is 0 Å². The van der Waals surface area contributed by atoms with Gasteiger partial charge in [-0.25, -0.2) is 0 Å². The minimum Gasteiger partial charge on any atom is -0.469 e. The van der Waals surface area contributed by atoms with Gasteiger partial charge in [-0.05, 0) is 43.7 Å².